The molecule has 1 unspecified atom stereocenters. The lowest BCUT2D eigenvalue weighted by atomic mass is 9.99. The lowest BCUT2D eigenvalue weighted by Gasteiger charge is -2.16. The van der Waals surface area contributed by atoms with E-state index in [0.29, 0.717) is 5.92 Å². The van der Waals surface area contributed by atoms with Gasteiger partial charge in [-0.15, -0.1) is 0 Å². The Bertz CT molecular complexity index is 366. The van der Waals surface area contributed by atoms with Crippen molar-refractivity contribution in [3.63, 3.8) is 0 Å². The number of hydrogen-bond acceptors (Lipinski definition) is 3. The van der Waals surface area contributed by atoms with Crippen molar-refractivity contribution in [1.82, 2.24) is 9.88 Å². The Kier molecular flexibility index (Phi) is 5.00. The molecule has 4 nitrogen and oxygen atoms in total. The van der Waals surface area contributed by atoms with Crippen LogP contribution in [0, 0.1) is 11.5 Å². The topological polar surface area (TPSA) is 52.3 Å². The van der Waals surface area contributed by atoms with E-state index in [0.717, 1.165) is 13.0 Å². The Morgan fingerprint density at radius 3 is 2.88 bits per heavy atom. The Labute approximate surface area is 96.3 Å². The van der Waals surface area contributed by atoms with Gasteiger partial charge in [-0.05, 0) is 30.0 Å². The SMILES string of the molecule is CC(CCN(C)C=NC#N)c1ccncc1. The van der Waals surface area contributed by atoms with Crippen LogP contribution in [0.4, 0.5) is 0 Å². The summed E-state index contributed by atoms with van der Waals surface area (Å²) in [5.74, 6) is 0.487. The number of nitrogens with zero attached hydrogens (tertiary/aromatic N) is 4. The molecule has 0 aliphatic heterocycles. The van der Waals surface area contributed by atoms with Crippen molar-refractivity contribution >= 4 is 6.34 Å². The van der Waals surface area contributed by atoms with Crippen LogP contribution in [0.25, 0.3) is 0 Å². The zero-order valence-corrected chi connectivity index (χ0v) is 9.67. The first-order valence-electron chi connectivity index (χ1n) is 5.26. The molecule has 1 heterocycles. The summed E-state index contributed by atoms with van der Waals surface area (Å²) < 4.78 is 0. The zero-order valence-electron chi connectivity index (χ0n) is 9.67. The normalized spacial score (nSPS) is 12.3. The summed E-state index contributed by atoms with van der Waals surface area (Å²) in [5, 5.41) is 8.29. The quantitative estimate of drug-likeness (QED) is 0.430. The van der Waals surface area contributed by atoms with Crippen LogP contribution in [0.3, 0.4) is 0 Å². The minimum atomic E-state index is 0.487. The molecule has 1 rings (SSSR count). The molecule has 0 aliphatic carbocycles. The van der Waals surface area contributed by atoms with Gasteiger partial charge in [0.1, 0.15) is 6.34 Å². The first-order valence-corrected chi connectivity index (χ1v) is 5.26. The highest BCUT2D eigenvalue weighted by atomic mass is 15.1. The van der Waals surface area contributed by atoms with E-state index >= 15 is 0 Å². The number of pyridine rings is 1. The van der Waals surface area contributed by atoms with Gasteiger partial charge in [-0.1, -0.05) is 6.92 Å². The smallest absolute Gasteiger partial charge is 0.207 e. The van der Waals surface area contributed by atoms with E-state index in [1.165, 1.54) is 5.56 Å². The minimum Gasteiger partial charge on any atom is -0.365 e. The molecule has 1 aromatic heterocycles. The Balaban J connectivity index is 2.39. The summed E-state index contributed by atoms with van der Waals surface area (Å²) in [5.41, 5.74) is 1.29. The third kappa shape index (κ3) is 4.09. The molecule has 16 heavy (non-hydrogen) atoms. The standard InChI is InChI=1S/C12H16N4/c1-11(12-3-6-14-7-4-12)5-8-16(2)10-15-9-13/h3-4,6-7,10-11H,5,8H2,1-2H3. The Morgan fingerprint density at radius 1 is 1.56 bits per heavy atom. The largest absolute Gasteiger partial charge is 0.365 e. The fraction of sp³-hybridized carbons (Fsp3) is 0.417. The molecule has 0 aliphatic rings. The van der Waals surface area contributed by atoms with Crippen molar-refractivity contribution < 1.29 is 0 Å². The van der Waals surface area contributed by atoms with E-state index in [4.69, 9.17) is 5.26 Å². The fourth-order valence-corrected chi connectivity index (χ4v) is 1.44. The van der Waals surface area contributed by atoms with E-state index in [9.17, 15) is 0 Å². The highest BCUT2D eigenvalue weighted by molar-refractivity contribution is 5.55. The van der Waals surface area contributed by atoms with Crippen molar-refractivity contribution in [1.29, 1.82) is 5.26 Å². The zero-order chi connectivity index (χ0) is 11.8. The fourth-order valence-electron chi connectivity index (χ4n) is 1.44. The van der Waals surface area contributed by atoms with E-state index in [1.807, 2.05) is 36.5 Å². The third-order valence-electron chi connectivity index (χ3n) is 2.50. The van der Waals surface area contributed by atoms with Crippen molar-refractivity contribution in [2.45, 2.75) is 19.3 Å². The molecule has 0 N–H and O–H groups in total. The molecule has 0 fully saturated rings. The van der Waals surface area contributed by atoms with E-state index in [-0.39, 0.29) is 0 Å². The number of hydrogen-bond donors (Lipinski definition) is 0. The van der Waals surface area contributed by atoms with Gasteiger partial charge in [-0.25, -0.2) is 0 Å². The summed E-state index contributed by atoms with van der Waals surface area (Å²) in [7, 11) is 1.92. The molecule has 84 valence electrons. The molecule has 1 aromatic rings. The van der Waals surface area contributed by atoms with E-state index in [1.54, 1.807) is 12.5 Å². The predicted octanol–water partition coefficient (Wildman–Crippen LogP) is 2.02. The van der Waals surface area contributed by atoms with Crippen LogP contribution in [0.1, 0.15) is 24.8 Å². The van der Waals surface area contributed by atoms with E-state index in [2.05, 4.69) is 16.9 Å². The molecule has 0 bridgehead atoms. The number of aliphatic imine (C=N–C) groups is 1. The Hall–Kier alpha value is -1.89. The van der Waals surface area contributed by atoms with Gasteiger partial charge in [-0.2, -0.15) is 10.3 Å². The summed E-state index contributed by atoms with van der Waals surface area (Å²) >= 11 is 0. The third-order valence-corrected chi connectivity index (χ3v) is 2.50. The maximum absolute atomic E-state index is 8.29. The van der Waals surface area contributed by atoms with Gasteiger partial charge in [0.2, 0.25) is 6.19 Å². The van der Waals surface area contributed by atoms with E-state index < -0.39 is 0 Å². The van der Waals surface area contributed by atoms with Crippen LogP contribution in [0.15, 0.2) is 29.5 Å². The second-order valence-corrected chi connectivity index (χ2v) is 3.80. The van der Waals surface area contributed by atoms with Crippen LogP contribution in [-0.4, -0.2) is 29.8 Å². The van der Waals surface area contributed by atoms with Gasteiger partial charge in [0, 0.05) is 26.0 Å². The Morgan fingerprint density at radius 2 is 2.25 bits per heavy atom. The molecule has 1 atom stereocenters. The monoisotopic (exact) mass is 216 g/mol. The van der Waals surface area contributed by atoms with Gasteiger partial charge in [-0.3, -0.25) is 4.98 Å². The van der Waals surface area contributed by atoms with Crippen molar-refractivity contribution in [2.75, 3.05) is 13.6 Å². The number of nitriles is 1. The summed E-state index contributed by atoms with van der Waals surface area (Å²) in [6.07, 6.45) is 7.94. The second-order valence-electron chi connectivity index (χ2n) is 3.80. The molecule has 0 saturated carbocycles. The van der Waals surface area contributed by atoms with Crippen LogP contribution in [0.5, 0.6) is 0 Å². The van der Waals surface area contributed by atoms with Crippen LogP contribution in [-0.2, 0) is 0 Å². The summed E-state index contributed by atoms with van der Waals surface area (Å²) in [6, 6.07) is 4.07. The van der Waals surface area contributed by atoms with Gasteiger partial charge >= 0.3 is 0 Å². The lowest BCUT2D eigenvalue weighted by molar-refractivity contribution is 0.475. The number of aromatic nitrogens is 1. The van der Waals surface area contributed by atoms with Gasteiger partial charge < -0.3 is 4.90 Å². The molecule has 0 aromatic carbocycles. The molecule has 0 amide bonds. The second kappa shape index (κ2) is 6.57. The first kappa shape index (κ1) is 12.2. The van der Waals surface area contributed by atoms with Crippen LogP contribution >= 0.6 is 0 Å². The maximum atomic E-state index is 8.29. The average molecular weight is 216 g/mol. The molecular formula is C12H16N4. The first-order chi connectivity index (χ1) is 7.74. The van der Waals surface area contributed by atoms with Crippen molar-refractivity contribution in [3.8, 4) is 6.19 Å². The van der Waals surface area contributed by atoms with Crippen molar-refractivity contribution in [3.05, 3.63) is 30.1 Å². The minimum absolute atomic E-state index is 0.487. The average Bonchev–Trinajstić information content (AvgIpc) is 2.34. The predicted molar refractivity (Wildman–Crippen MR) is 64.0 cm³/mol. The van der Waals surface area contributed by atoms with Gasteiger partial charge in [0.25, 0.3) is 0 Å². The molecule has 0 spiro atoms. The molecule has 4 heteroatoms. The van der Waals surface area contributed by atoms with Crippen LogP contribution < -0.4 is 0 Å². The summed E-state index contributed by atoms with van der Waals surface area (Å²) in [6.45, 7) is 3.07. The maximum Gasteiger partial charge on any atom is 0.207 e. The molecular weight excluding hydrogens is 200 g/mol. The molecule has 0 radical (unpaired) electrons. The van der Waals surface area contributed by atoms with Crippen molar-refractivity contribution in [2.24, 2.45) is 4.99 Å². The highest BCUT2D eigenvalue weighted by Crippen LogP contribution is 2.17. The van der Waals surface area contributed by atoms with Gasteiger partial charge in [0.05, 0.1) is 0 Å². The number of rotatable bonds is 5. The van der Waals surface area contributed by atoms with Crippen LogP contribution in [0.2, 0.25) is 0 Å². The molecule has 0 saturated heterocycles. The summed E-state index contributed by atoms with van der Waals surface area (Å²) in [4.78, 5) is 9.43. The van der Waals surface area contributed by atoms with Gasteiger partial charge in [0.15, 0.2) is 0 Å². The highest BCUT2D eigenvalue weighted by Gasteiger charge is 2.05. The lowest BCUT2D eigenvalue weighted by Crippen LogP contribution is -2.18.